The zero-order chi connectivity index (χ0) is 18.4. The second kappa shape index (κ2) is 8.34. The summed E-state index contributed by atoms with van der Waals surface area (Å²) < 4.78 is 5.96. The maximum absolute atomic E-state index is 11.9. The van der Waals surface area contributed by atoms with Crippen LogP contribution in [0, 0.1) is 0 Å². The Morgan fingerprint density at radius 1 is 1.31 bits per heavy atom. The van der Waals surface area contributed by atoms with E-state index in [2.05, 4.69) is 41.9 Å². The smallest absolute Gasteiger partial charge is 0.263 e. The molecule has 26 heavy (non-hydrogen) atoms. The third kappa shape index (κ3) is 4.51. The van der Waals surface area contributed by atoms with Gasteiger partial charge in [0, 0.05) is 5.56 Å². The first kappa shape index (κ1) is 17.7. The maximum atomic E-state index is 11.9. The van der Waals surface area contributed by atoms with Crippen LogP contribution in [-0.4, -0.2) is 39.4 Å². The number of nitrogens with zero attached hydrogens (tertiary/aromatic N) is 5. The van der Waals surface area contributed by atoms with Crippen LogP contribution in [0.1, 0.15) is 5.56 Å². The number of hydrogen-bond donors (Lipinski definition) is 1. The fourth-order valence-corrected chi connectivity index (χ4v) is 2.68. The van der Waals surface area contributed by atoms with Crippen molar-refractivity contribution >= 4 is 28.1 Å². The van der Waals surface area contributed by atoms with Crippen LogP contribution in [0.15, 0.2) is 58.1 Å². The number of rotatable bonds is 6. The van der Waals surface area contributed by atoms with Gasteiger partial charge in [-0.05, 0) is 44.9 Å². The van der Waals surface area contributed by atoms with Gasteiger partial charge in [0.2, 0.25) is 5.82 Å². The predicted molar refractivity (Wildman–Crippen MR) is 99.7 cm³/mol. The highest BCUT2D eigenvalue weighted by Gasteiger charge is 2.08. The lowest BCUT2D eigenvalue weighted by atomic mass is 10.2. The molecule has 1 aromatic heterocycles. The number of halogens is 1. The monoisotopic (exact) mass is 414 g/mol. The van der Waals surface area contributed by atoms with Gasteiger partial charge in [-0.25, -0.2) is 5.43 Å². The molecule has 0 radical (unpaired) electrons. The summed E-state index contributed by atoms with van der Waals surface area (Å²) in [6.07, 6.45) is 1.53. The van der Waals surface area contributed by atoms with Gasteiger partial charge in [0.1, 0.15) is 12.3 Å². The standard InChI is InChI=1S/C17H15BrN6O2/c1-26-15-8-7-12(9-14(15)18)10-19-20-16(25)11-24-22-17(21-23-24)13-5-3-2-4-6-13/h2-10H,11H2,1H3,(H,20,25)/b19-10-. The van der Waals surface area contributed by atoms with Crippen molar-refractivity contribution in [3.8, 4) is 17.1 Å². The first-order valence-electron chi connectivity index (χ1n) is 7.64. The van der Waals surface area contributed by atoms with Crippen molar-refractivity contribution in [2.45, 2.75) is 6.54 Å². The van der Waals surface area contributed by atoms with E-state index >= 15 is 0 Å². The molecule has 0 aliphatic carbocycles. The number of benzene rings is 2. The van der Waals surface area contributed by atoms with Crippen molar-refractivity contribution in [1.82, 2.24) is 25.6 Å². The Kier molecular flexibility index (Phi) is 5.69. The third-order valence-corrected chi connectivity index (χ3v) is 3.97. The molecule has 2 aromatic carbocycles. The summed E-state index contributed by atoms with van der Waals surface area (Å²) in [5.74, 6) is 0.827. The van der Waals surface area contributed by atoms with Gasteiger partial charge in [0.15, 0.2) is 0 Å². The molecule has 0 aliphatic heterocycles. The lowest BCUT2D eigenvalue weighted by Gasteiger charge is -2.03. The van der Waals surface area contributed by atoms with Gasteiger partial charge < -0.3 is 4.74 Å². The molecule has 1 amide bonds. The fraction of sp³-hybridized carbons (Fsp3) is 0.118. The highest BCUT2D eigenvalue weighted by atomic mass is 79.9. The number of carbonyl (C=O) groups excluding carboxylic acids is 1. The molecule has 0 saturated carbocycles. The number of nitrogens with one attached hydrogen (secondary N) is 1. The third-order valence-electron chi connectivity index (χ3n) is 3.35. The maximum Gasteiger partial charge on any atom is 0.263 e. The van der Waals surface area contributed by atoms with Crippen LogP contribution in [0.25, 0.3) is 11.4 Å². The van der Waals surface area contributed by atoms with Crippen LogP contribution in [0.3, 0.4) is 0 Å². The molecule has 3 rings (SSSR count). The van der Waals surface area contributed by atoms with Gasteiger partial charge in [-0.15, -0.1) is 10.2 Å². The highest BCUT2D eigenvalue weighted by Crippen LogP contribution is 2.24. The summed E-state index contributed by atoms with van der Waals surface area (Å²) >= 11 is 3.39. The second-order valence-corrected chi connectivity index (χ2v) is 6.05. The number of methoxy groups -OCH3 is 1. The molecule has 0 atom stereocenters. The molecule has 0 spiro atoms. The predicted octanol–water partition coefficient (Wildman–Crippen LogP) is 2.26. The average Bonchev–Trinajstić information content (AvgIpc) is 3.11. The Hall–Kier alpha value is -3.07. The number of carbonyl (C=O) groups is 1. The van der Waals surface area contributed by atoms with Gasteiger partial charge in [0.05, 0.1) is 17.8 Å². The minimum Gasteiger partial charge on any atom is -0.496 e. The minimum atomic E-state index is -0.356. The Balaban J connectivity index is 1.56. The first-order chi connectivity index (χ1) is 12.7. The molecule has 0 fully saturated rings. The summed E-state index contributed by atoms with van der Waals surface area (Å²) in [6, 6.07) is 14.9. The van der Waals surface area contributed by atoms with Crippen LogP contribution >= 0.6 is 15.9 Å². The van der Waals surface area contributed by atoms with Gasteiger partial charge in [-0.1, -0.05) is 30.3 Å². The number of hydrogen-bond acceptors (Lipinski definition) is 6. The van der Waals surface area contributed by atoms with E-state index in [1.165, 1.54) is 11.0 Å². The fourth-order valence-electron chi connectivity index (χ4n) is 2.12. The number of ether oxygens (including phenoxy) is 1. The number of tetrazole rings is 1. The molecule has 1 N–H and O–H groups in total. The Morgan fingerprint density at radius 3 is 2.85 bits per heavy atom. The molecular formula is C17H15BrN6O2. The van der Waals surface area contributed by atoms with Gasteiger partial charge in [-0.3, -0.25) is 4.79 Å². The molecule has 132 valence electrons. The van der Waals surface area contributed by atoms with Crippen molar-refractivity contribution in [3.05, 3.63) is 58.6 Å². The van der Waals surface area contributed by atoms with E-state index < -0.39 is 0 Å². The normalized spacial score (nSPS) is 10.8. The highest BCUT2D eigenvalue weighted by molar-refractivity contribution is 9.10. The number of aromatic nitrogens is 4. The number of amides is 1. The first-order valence-corrected chi connectivity index (χ1v) is 8.43. The molecule has 1 heterocycles. The molecule has 0 saturated heterocycles. The molecule has 9 heteroatoms. The van der Waals surface area contributed by atoms with Crippen molar-refractivity contribution in [3.63, 3.8) is 0 Å². The van der Waals surface area contributed by atoms with E-state index in [9.17, 15) is 4.79 Å². The molecule has 0 unspecified atom stereocenters. The molecule has 0 aliphatic rings. The van der Waals surface area contributed by atoms with E-state index in [1.807, 2.05) is 42.5 Å². The number of hydrazone groups is 1. The van der Waals surface area contributed by atoms with E-state index in [0.29, 0.717) is 5.82 Å². The Morgan fingerprint density at radius 2 is 2.12 bits per heavy atom. The van der Waals surface area contributed by atoms with E-state index in [-0.39, 0.29) is 12.5 Å². The van der Waals surface area contributed by atoms with Crippen LogP contribution in [0.4, 0.5) is 0 Å². The largest absolute Gasteiger partial charge is 0.496 e. The zero-order valence-electron chi connectivity index (χ0n) is 13.8. The van der Waals surface area contributed by atoms with Crippen LogP contribution in [-0.2, 0) is 11.3 Å². The van der Waals surface area contributed by atoms with Gasteiger partial charge in [0.25, 0.3) is 5.91 Å². The second-order valence-electron chi connectivity index (χ2n) is 5.20. The summed E-state index contributed by atoms with van der Waals surface area (Å²) in [7, 11) is 1.59. The lowest BCUT2D eigenvalue weighted by molar-refractivity contribution is -0.122. The SMILES string of the molecule is COc1ccc(/C=N\NC(=O)Cn2nnc(-c3ccccc3)n2)cc1Br. The van der Waals surface area contributed by atoms with Crippen molar-refractivity contribution in [1.29, 1.82) is 0 Å². The van der Waals surface area contributed by atoms with E-state index in [1.54, 1.807) is 13.2 Å². The molecule has 8 nitrogen and oxygen atoms in total. The van der Waals surface area contributed by atoms with Crippen LogP contribution < -0.4 is 10.2 Å². The van der Waals surface area contributed by atoms with Crippen LogP contribution in [0.5, 0.6) is 5.75 Å². The quantitative estimate of drug-likeness (QED) is 0.493. The minimum absolute atomic E-state index is 0.0799. The molecule has 3 aromatic rings. The van der Waals surface area contributed by atoms with Crippen LogP contribution in [0.2, 0.25) is 0 Å². The summed E-state index contributed by atoms with van der Waals surface area (Å²) in [4.78, 5) is 13.2. The van der Waals surface area contributed by atoms with Crippen molar-refractivity contribution < 1.29 is 9.53 Å². The molecule has 0 bridgehead atoms. The van der Waals surface area contributed by atoms with Gasteiger partial charge >= 0.3 is 0 Å². The Labute approximate surface area is 158 Å². The van der Waals surface area contributed by atoms with E-state index in [4.69, 9.17) is 4.74 Å². The Bertz CT molecular complexity index is 926. The summed E-state index contributed by atoms with van der Waals surface area (Å²) in [6.45, 7) is -0.0799. The summed E-state index contributed by atoms with van der Waals surface area (Å²) in [5, 5.41) is 15.9. The topological polar surface area (TPSA) is 94.3 Å². The lowest BCUT2D eigenvalue weighted by Crippen LogP contribution is -2.24. The van der Waals surface area contributed by atoms with Crippen molar-refractivity contribution in [2.75, 3.05) is 7.11 Å². The zero-order valence-corrected chi connectivity index (χ0v) is 15.4. The van der Waals surface area contributed by atoms with Crippen molar-refractivity contribution in [2.24, 2.45) is 5.10 Å². The average molecular weight is 415 g/mol. The van der Waals surface area contributed by atoms with Gasteiger partial charge in [-0.2, -0.15) is 9.90 Å². The summed E-state index contributed by atoms with van der Waals surface area (Å²) in [5.41, 5.74) is 4.08. The molecular weight excluding hydrogens is 400 g/mol. The van der Waals surface area contributed by atoms with E-state index in [0.717, 1.165) is 21.3 Å².